The molecule has 1 aromatic rings. The van der Waals surface area contributed by atoms with Crippen LogP contribution in [0.5, 0.6) is 0 Å². The Morgan fingerprint density at radius 1 is 1.29 bits per heavy atom. The summed E-state index contributed by atoms with van der Waals surface area (Å²) in [4.78, 5) is 11.1. The van der Waals surface area contributed by atoms with E-state index < -0.39 is 21.5 Å². The molecule has 0 unspecified atom stereocenters. The zero-order valence-corrected chi connectivity index (χ0v) is 7.86. The summed E-state index contributed by atoms with van der Waals surface area (Å²) >= 11 is 0. The molecule has 0 saturated carbocycles. The van der Waals surface area contributed by atoms with Crippen molar-refractivity contribution in [3.63, 3.8) is 0 Å². The Morgan fingerprint density at radius 3 is 2.64 bits per heavy atom. The van der Waals surface area contributed by atoms with Gasteiger partial charge in [-0.05, 0) is 12.1 Å². The van der Waals surface area contributed by atoms with Gasteiger partial charge in [0, 0.05) is 0 Å². The number of fused-ring (bicyclic) bond motifs is 1. The molecule has 0 spiro atoms. The van der Waals surface area contributed by atoms with E-state index in [-0.39, 0.29) is 10.6 Å². The van der Waals surface area contributed by atoms with Gasteiger partial charge in [0.15, 0.2) is 9.84 Å². The molecule has 5 nitrogen and oxygen atoms in total. The Kier molecular flexibility index (Phi) is 1.83. The maximum absolute atomic E-state index is 11.5. The molecular formula is C8H7NO4S. The smallest absolute Gasteiger partial charge is 0.266 e. The molecule has 1 heterocycles. The fraction of sp³-hybridized carbons (Fsp3) is 0.125. The first-order valence-corrected chi connectivity index (χ1v) is 5.51. The highest BCUT2D eigenvalue weighted by atomic mass is 32.2. The fourth-order valence-corrected chi connectivity index (χ4v) is 2.69. The average molecular weight is 213 g/mol. The van der Waals surface area contributed by atoms with Crippen LogP contribution in [-0.2, 0) is 14.6 Å². The third-order valence-electron chi connectivity index (χ3n) is 1.98. The molecule has 1 amide bonds. The number of hydroxylamine groups is 1. The van der Waals surface area contributed by atoms with E-state index in [9.17, 15) is 18.4 Å². The lowest BCUT2D eigenvalue weighted by molar-refractivity contribution is -0.121. The normalized spacial score (nSPS) is 19.2. The Bertz CT molecular complexity index is 494. The topological polar surface area (TPSA) is 74.7 Å². The zero-order chi connectivity index (χ0) is 10.3. The van der Waals surface area contributed by atoms with Crippen molar-refractivity contribution in [2.45, 2.75) is 4.90 Å². The van der Waals surface area contributed by atoms with Gasteiger partial charge in [0.2, 0.25) is 0 Å². The van der Waals surface area contributed by atoms with E-state index in [0.717, 1.165) is 0 Å². The third kappa shape index (κ3) is 1.19. The van der Waals surface area contributed by atoms with Crippen molar-refractivity contribution < 1.29 is 18.4 Å². The maximum Gasteiger partial charge on any atom is 0.266 e. The van der Waals surface area contributed by atoms with E-state index >= 15 is 0 Å². The van der Waals surface area contributed by atoms with Gasteiger partial charge < -0.3 is 0 Å². The molecule has 0 atom stereocenters. The van der Waals surface area contributed by atoms with Crippen LogP contribution in [0.3, 0.4) is 0 Å². The average Bonchev–Trinajstić information content (AvgIpc) is 2.14. The van der Waals surface area contributed by atoms with Gasteiger partial charge in [-0.3, -0.25) is 10.0 Å². The molecule has 6 heteroatoms. The molecule has 0 bridgehead atoms. The number of hydrogen-bond donors (Lipinski definition) is 1. The summed E-state index contributed by atoms with van der Waals surface area (Å²) in [6, 6.07) is 5.83. The number of amides is 1. The lowest BCUT2D eigenvalue weighted by atomic mass is 10.3. The summed E-state index contributed by atoms with van der Waals surface area (Å²) in [5, 5.41) is 9.65. The van der Waals surface area contributed by atoms with E-state index in [0.29, 0.717) is 5.06 Å². The molecule has 0 fully saturated rings. The zero-order valence-electron chi connectivity index (χ0n) is 7.04. The van der Waals surface area contributed by atoms with Crippen molar-refractivity contribution in [2.75, 3.05) is 10.8 Å². The SMILES string of the molecule is O=C1CS(=O)(=O)c2ccccc2N1O. The number of para-hydroxylation sites is 1. The highest BCUT2D eigenvalue weighted by Gasteiger charge is 2.33. The third-order valence-corrected chi connectivity index (χ3v) is 3.62. The molecule has 74 valence electrons. The molecule has 1 N–H and O–H groups in total. The van der Waals surface area contributed by atoms with Crippen LogP contribution in [0.2, 0.25) is 0 Å². The number of benzene rings is 1. The summed E-state index contributed by atoms with van der Waals surface area (Å²) in [6.07, 6.45) is 0. The van der Waals surface area contributed by atoms with Gasteiger partial charge in [-0.2, -0.15) is 5.06 Å². The summed E-state index contributed by atoms with van der Waals surface area (Å²) in [7, 11) is -3.58. The van der Waals surface area contributed by atoms with Crippen LogP contribution in [0, 0.1) is 0 Å². The van der Waals surface area contributed by atoms with Gasteiger partial charge >= 0.3 is 0 Å². The molecule has 0 saturated heterocycles. The summed E-state index contributed by atoms with van der Waals surface area (Å²) in [5.74, 6) is -1.51. The first kappa shape index (κ1) is 9.17. The number of carbonyl (C=O) groups is 1. The molecule has 1 aliphatic rings. The van der Waals surface area contributed by atoms with Crippen molar-refractivity contribution in [1.29, 1.82) is 0 Å². The Morgan fingerprint density at radius 2 is 1.93 bits per heavy atom. The Labute approximate surface area is 80.5 Å². The van der Waals surface area contributed by atoms with Crippen LogP contribution in [0.1, 0.15) is 0 Å². The molecular weight excluding hydrogens is 206 g/mol. The highest BCUT2D eigenvalue weighted by Crippen LogP contribution is 2.29. The van der Waals surface area contributed by atoms with E-state index in [4.69, 9.17) is 0 Å². The van der Waals surface area contributed by atoms with Gasteiger partial charge in [-0.1, -0.05) is 12.1 Å². The number of nitrogens with zero attached hydrogens (tertiary/aromatic N) is 1. The van der Waals surface area contributed by atoms with Crippen molar-refractivity contribution in [3.8, 4) is 0 Å². The first-order valence-electron chi connectivity index (χ1n) is 3.86. The number of sulfone groups is 1. The quantitative estimate of drug-likeness (QED) is 0.624. The van der Waals surface area contributed by atoms with Crippen LogP contribution < -0.4 is 5.06 Å². The van der Waals surface area contributed by atoms with Gasteiger partial charge in [0.05, 0.1) is 10.6 Å². The van der Waals surface area contributed by atoms with Gasteiger partial charge in [0.1, 0.15) is 5.75 Å². The first-order chi connectivity index (χ1) is 6.52. The van der Waals surface area contributed by atoms with Crippen molar-refractivity contribution in [1.82, 2.24) is 0 Å². The Balaban J connectivity index is 2.74. The fourth-order valence-electron chi connectivity index (χ4n) is 1.33. The van der Waals surface area contributed by atoms with Gasteiger partial charge in [-0.25, -0.2) is 8.42 Å². The monoisotopic (exact) mass is 213 g/mol. The van der Waals surface area contributed by atoms with Crippen molar-refractivity contribution >= 4 is 21.4 Å². The second kappa shape index (κ2) is 2.79. The van der Waals surface area contributed by atoms with Crippen LogP contribution in [0.4, 0.5) is 5.69 Å². The van der Waals surface area contributed by atoms with E-state index in [2.05, 4.69) is 0 Å². The summed E-state index contributed by atoms with van der Waals surface area (Å²) in [6.45, 7) is 0. The number of rotatable bonds is 0. The number of anilines is 1. The van der Waals surface area contributed by atoms with Crippen LogP contribution in [-0.4, -0.2) is 25.3 Å². The highest BCUT2D eigenvalue weighted by molar-refractivity contribution is 7.92. The molecule has 2 rings (SSSR count). The number of hydrogen-bond acceptors (Lipinski definition) is 4. The van der Waals surface area contributed by atoms with Crippen molar-refractivity contribution in [3.05, 3.63) is 24.3 Å². The molecule has 1 aliphatic heterocycles. The van der Waals surface area contributed by atoms with Crippen LogP contribution >= 0.6 is 0 Å². The minimum Gasteiger partial charge on any atom is -0.281 e. The second-order valence-corrected chi connectivity index (χ2v) is 4.89. The molecule has 1 aromatic carbocycles. The Hall–Kier alpha value is -1.40. The lowest BCUT2D eigenvalue weighted by Gasteiger charge is -2.22. The van der Waals surface area contributed by atoms with Crippen molar-refractivity contribution in [2.24, 2.45) is 0 Å². The predicted molar refractivity (Wildman–Crippen MR) is 47.8 cm³/mol. The van der Waals surface area contributed by atoms with E-state index in [1.807, 2.05) is 0 Å². The van der Waals surface area contributed by atoms with Crippen LogP contribution in [0.25, 0.3) is 0 Å². The molecule has 14 heavy (non-hydrogen) atoms. The largest absolute Gasteiger partial charge is 0.281 e. The molecule has 0 radical (unpaired) electrons. The van der Waals surface area contributed by atoms with E-state index in [1.165, 1.54) is 12.1 Å². The minimum absolute atomic E-state index is 0.0119. The molecule has 0 aromatic heterocycles. The van der Waals surface area contributed by atoms with Gasteiger partial charge in [0.25, 0.3) is 5.91 Å². The lowest BCUT2D eigenvalue weighted by Crippen LogP contribution is -2.38. The maximum atomic E-state index is 11.5. The summed E-state index contributed by atoms with van der Waals surface area (Å²) < 4.78 is 22.9. The molecule has 0 aliphatic carbocycles. The summed E-state index contributed by atoms with van der Waals surface area (Å²) in [5.41, 5.74) is 0.0174. The second-order valence-electron chi connectivity index (χ2n) is 2.93. The van der Waals surface area contributed by atoms with Crippen LogP contribution in [0.15, 0.2) is 29.2 Å². The minimum atomic E-state index is -3.58. The predicted octanol–water partition coefficient (Wildman–Crippen LogP) is 0.196. The van der Waals surface area contributed by atoms with E-state index in [1.54, 1.807) is 12.1 Å². The standard InChI is InChI=1S/C8H7NO4S/c10-8-5-14(12,13)7-4-2-1-3-6(7)9(8)11/h1-4,11H,5H2. The van der Waals surface area contributed by atoms with Gasteiger partial charge in [-0.15, -0.1) is 0 Å². The number of carbonyl (C=O) groups excluding carboxylic acids is 1.